The number of carbonyl (C=O) groups excluding carboxylic acids is 1. The summed E-state index contributed by atoms with van der Waals surface area (Å²) in [4.78, 5) is 24.8. The Morgan fingerprint density at radius 2 is 2.05 bits per heavy atom. The summed E-state index contributed by atoms with van der Waals surface area (Å²) in [5.41, 5.74) is 1.72. The summed E-state index contributed by atoms with van der Waals surface area (Å²) in [6.45, 7) is 4.70. The minimum atomic E-state index is -0.798. The summed E-state index contributed by atoms with van der Waals surface area (Å²) in [5.74, 6) is -1.18. The maximum absolute atomic E-state index is 12.2. The van der Waals surface area contributed by atoms with Crippen molar-refractivity contribution in [2.75, 3.05) is 13.1 Å². The number of likely N-dealkylation sites (tertiary alicyclic amines) is 1. The first-order valence-electron chi connectivity index (χ1n) is 6.18. The Labute approximate surface area is 120 Å². The van der Waals surface area contributed by atoms with Crippen molar-refractivity contribution >= 4 is 27.8 Å². The number of carboxylic acids is 1. The van der Waals surface area contributed by atoms with Gasteiger partial charge in [-0.2, -0.15) is 0 Å². The molecule has 1 atom stereocenters. The van der Waals surface area contributed by atoms with E-state index in [2.05, 4.69) is 15.9 Å². The Kier molecular flexibility index (Phi) is 3.94. The maximum Gasteiger partial charge on any atom is 0.306 e. The van der Waals surface area contributed by atoms with Crippen molar-refractivity contribution in [3.05, 3.63) is 33.8 Å². The SMILES string of the molecule is Cc1ccc(C(=O)N2CC(C(C)C(=O)O)C2)c(Br)c1. The number of nitrogens with zero attached hydrogens (tertiary/aromatic N) is 1. The van der Waals surface area contributed by atoms with E-state index in [-0.39, 0.29) is 11.8 Å². The highest BCUT2D eigenvalue weighted by Gasteiger charge is 2.37. The number of benzene rings is 1. The molecule has 1 aliphatic heterocycles. The average Bonchev–Trinajstić information content (AvgIpc) is 2.26. The summed E-state index contributed by atoms with van der Waals surface area (Å²) in [5, 5.41) is 8.92. The molecule has 1 N–H and O–H groups in total. The molecule has 1 amide bonds. The molecule has 102 valence electrons. The van der Waals surface area contributed by atoms with Gasteiger partial charge in [0.25, 0.3) is 5.91 Å². The predicted molar refractivity (Wildman–Crippen MR) is 75.1 cm³/mol. The molecule has 1 aliphatic rings. The van der Waals surface area contributed by atoms with Crippen molar-refractivity contribution in [2.45, 2.75) is 13.8 Å². The van der Waals surface area contributed by atoms with Crippen LogP contribution in [0.15, 0.2) is 22.7 Å². The monoisotopic (exact) mass is 325 g/mol. The van der Waals surface area contributed by atoms with Gasteiger partial charge < -0.3 is 10.0 Å². The maximum atomic E-state index is 12.2. The van der Waals surface area contributed by atoms with Gasteiger partial charge in [-0.3, -0.25) is 9.59 Å². The normalized spacial score (nSPS) is 16.9. The molecule has 0 radical (unpaired) electrons. The Morgan fingerprint density at radius 1 is 1.42 bits per heavy atom. The minimum Gasteiger partial charge on any atom is -0.481 e. The van der Waals surface area contributed by atoms with Crippen LogP contribution in [0.3, 0.4) is 0 Å². The van der Waals surface area contributed by atoms with Crippen molar-refractivity contribution in [1.29, 1.82) is 0 Å². The van der Waals surface area contributed by atoms with Crippen molar-refractivity contribution in [2.24, 2.45) is 11.8 Å². The number of rotatable bonds is 3. The summed E-state index contributed by atoms with van der Waals surface area (Å²) in [6.07, 6.45) is 0. The van der Waals surface area contributed by atoms with Gasteiger partial charge in [-0.15, -0.1) is 0 Å². The van der Waals surface area contributed by atoms with Gasteiger partial charge in [-0.1, -0.05) is 13.0 Å². The van der Waals surface area contributed by atoms with Crippen molar-refractivity contribution in [3.8, 4) is 0 Å². The van der Waals surface area contributed by atoms with Crippen LogP contribution in [0.2, 0.25) is 0 Å². The third-order valence-electron chi connectivity index (χ3n) is 3.65. The van der Waals surface area contributed by atoms with E-state index < -0.39 is 11.9 Å². The zero-order valence-electron chi connectivity index (χ0n) is 10.9. The standard InChI is InChI=1S/C14H16BrNO3/c1-8-3-4-11(12(15)5-8)13(17)16-6-10(7-16)9(2)14(18)19/h3-5,9-10H,6-7H2,1-2H3,(H,18,19). The molecule has 1 aromatic rings. The van der Waals surface area contributed by atoms with Gasteiger partial charge in [-0.25, -0.2) is 0 Å². The Balaban J connectivity index is 2.02. The zero-order chi connectivity index (χ0) is 14.2. The van der Waals surface area contributed by atoms with E-state index >= 15 is 0 Å². The van der Waals surface area contributed by atoms with Gasteiger partial charge in [-0.05, 0) is 40.5 Å². The molecule has 2 rings (SSSR count). The number of halogens is 1. The summed E-state index contributed by atoms with van der Waals surface area (Å²) in [7, 11) is 0. The van der Waals surface area contributed by atoms with Crippen LogP contribution in [-0.2, 0) is 4.79 Å². The lowest BCUT2D eigenvalue weighted by molar-refractivity contribution is -0.144. The van der Waals surface area contributed by atoms with Gasteiger partial charge in [0.15, 0.2) is 0 Å². The molecular weight excluding hydrogens is 310 g/mol. The second kappa shape index (κ2) is 5.33. The third-order valence-corrected chi connectivity index (χ3v) is 4.30. The molecule has 19 heavy (non-hydrogen) atoms. The molecule has 0 saturated carbocycles. The summed E-state index contributed by atoms with van der Waals surface area (Å²) < 4.78 is 0.784. The predicted octanol–water partition coefficient (Wildman–Crippen LogP) is 2.55. The molecule has 0 bridgehead atoms. The molecule has 4 nitrogen and oxygen atoms in total. The number of aryl methyl sites for hydroxylation is 1. The van der Waals surface area contributed by atoms with Crippen LogP contribution >= 0.6 is 15.9 Å². The fourth-order valence-electron chi connectivity index (χ4n) is 2.16. The highest BCUT2D eigenvalue weighted by molar-refractivity contribution is 9.10. The number of aliphatic carboxylic acids is 1. The molecule has 0 aromatic heterocycles. The van der Waals surface area contributed by atoms with Crippen LogP contribution < -0.4 is 0 Å². The fourth-order valence-corrected chi connectivity index (χ4v) is 2.82. The Morgan fingerprint density at radius 3 is 2.58 bits per heavy atom. The number of hydrogen-bond acceptors (Lipinski definition) is 2. The average molecular weight is 326 g/mol. The van der Waals surface area contributed by atoms with E-state index in [1.807, 2.05) is 19.1 Å². The van der Waals surface area contributed by atoms with Gasteiger partial charge in [0.2, 0.25) is 0 Å². The number of hydrogen-bond donors (Lipinski definition) is 1. The Bertz CT molecular complexity index is 523. The highest BCUT2D eigenvalue weighted by Crippen LogP contribution is 2.28. The Hall–Kier alpha value is -1.36. The lowest BCUT2D eigenvalue weighted by Crippen LogP contribution is -2.53. The van der Waals surface area contributed by atoms with Crippen molar-refractivity contribution < 1.29 is 14.7 Å². The van der Waals surface area contributed by atoms with Gasteiger partial charge in [0.05, 0.1) is 11.5 Å². The lowest BCUT2D eigenvalue weighted by Gasteiger charge is -2.41. The summed E-state index contributed by atoms with van der Waals surface area (Å²) >= 11 is 3.39. The van der Waals surface area contributed by atoms with Gasteiger partial charge >= 0.3 is 5.97 Å². The molecule has 1 unspecified atom stereocenters. The van der Waals surface area contributed by atoms with E-state index in [4.69, 9.17) is 5.11 Å². The van der Waals surface area contributed by atoms with Crippen LogP contribution in [-0.4, -0.2) is 35.0 Å². The largest absolute Gasteiger partial charge is 0.481 e. The van der Waals surface area contributed by atoms with Crippen LogP contribution in [0, 0.1) is 18.8 Å². The van der Waals surface area contributed by atoms with E-state index in [9.17, 15) is 9.59 Å². The number of carbonyl (C=O) groups is 2. The molecule has 0 spiro atoms. The second-order valence-electron chi connectivity index (χ2n) is 5.08. The molecule has 5 heteroatoms. The lowest BCUT2D eigenvalue weighted by atomic mass is 9.86. The zero-order valence-corrected chi connectivity index (χ0v) is 12.5. The molecular formula is C14H16BrNO3. The first-order chi connectivity index (χ1) is 8.90. The van der Waals surface area contributed by atoms with Gasteiger partial charge in [0, 0.05) is 23.5 Å². The first kappa shape index (κ1) is 14.1. The van der Waals surface area contributed by atoms with E-state index in [0.717, 1.165) is 10.0 Å². The summed E-state index contributed by atoms with van der Waals surface area (Å²) in [6, 6.07) is 5.61. The number of carboxylic acid groups (broad SMARTS) is 1. The fraction of sp³-hybridized carbons (Fsp3) is 0.429. The van der Waals surface area contributed by atoms with E-state index in [1.165, 1.54) is 0 Å². The quantitative estimate of drug-likeness (QED) is 0.929. The minimum absolute atomic E-state index is 0.0410. The molecule has 0 aliphatic carbocycles. The van der Waals surface area contributed by atoms with Crippen LogP contribution in [0.4, 0.5) is 0 Å². The second-order valence-corrected chi connectivity index (χ2v) is 5.93. The van der Waals surface area contributed by atoms with Crippen LogP contribution in [0.5, 0.6) is 0 Å². The van der Waals surface area contributed by atoms with Crippen LogP contribution in [0.1, 0.15) is 22.8 Å². The molecule has 1 saturated heterocycles. The topological polar surface area (TPSA) is 57.6 Å². The van der Waals surface area contributed by atoms with Crippen molar-refractivity contribution in [3.63, 3.8) is 0 Å². The molecule has 1 fully saturated rings. The van der Waals surface area contributed by atoms with E-state index in [0.29, 0.717) is 18.7 Å². The van der Waals surface area contributed by atoms with Gasteiger partial charge in [0.1, 0.15) is 0 Å². The van der Waals surface area contributed by atoms with Crippen LogP contribution in [0.25, 0.3) is 0 Å². The van der Waals surface area contributed by atoms with E-state index in [1.54, 1.807) is 17.9 Å². The smallest absolute Gasteiger partial charge is 0.306 e. The highest BCUT2D eigenvalue weighted by atomic mass is 79.9. The first-order valence-corrected chi connectivity index (χ1v) is 6.97. The third kappa shape index (κ3) is 2.81. The number of amides is 1. The molecule has 1 aromatic carbocycles. The molecule has 1 heterocycles. The van der Waals surface area contributed by atoms with Crippen molar-refractivity contribution in [1.82, 2.24) is 4.90 Å².